The summed E-state index contributed by atoms with van der Waals surface area (Å²) in [5.41, 5.74) is 1.61. The zero-order valence-electron chi connectivity index (χ0n) is 16.2. The van der Waals surface area contributed by atoms with Gasteiger partial charge >= 0.3 is 0 Å². The number of benzene rings is 1. The lowest BCUT2D eigenvalue weighted by atomic mass is 9.96. The molecule has 1 aliphatic carbocycles. The number of hydrogen-bond donors (Lipinski definition) is 2. The number of nitrogens with one attached hydrogen (secondary N) is 2. The van der Waals surface area contributed by atoms with Crippen LogP contribution in [0.3, 0.4) is 0 Å². The quantitative estimate of drug-likeness (QED) is 0.225. The van der Waals surface area contributed by atoms with E-state index >= 15 is 0 Å². The van der Waals surface area contributed by atoms with Gasteiger partial charge in [0.15, 0.2) is 5.96 Å². The number of nitrogens with zero attached hydrogens (tertiary/aromatic N) is 2. The third-order valence-electron chi connectivity index (χ3n) is 5.23. The summed E-state index contributed by atoms with van der Waals surface area (Å²) in [6, 6.07) is 8.56. The maximum Gasteiger partial charge on any atom is 0.191 e. The standard InChI is InChI=1S/C20H31BrN4O.HI/c1-2-22-19(23-10-5-11-25-12-14-26-15-13-25)24-16-20(8-9-20)17-6-3-4-7-18(17)21;/h3-4,6-7H,2,5,8-16H2,1H3,(H2,22,23,24);1H. The van der Waals surface area contributed by atoms with E-state index in [1.54, 1.807) is 0 Å². The topological polar surface area (TPSA) is 48.9 Å². The first-order chi connectivity index (χ1) is 12.7. The maximum absolute atomic E-state index is 5.40. The second-order valence-corrected chi connectivity index (χ2v) is 8.04. The third kappa shape index (κ3) is 6.87. The number of morpholine rings is 1. The molecule has 1 saturated carbocycles. The summed E-state index contributed by atoms with van der Waals surface area (Å²) in [5, 5.41) is 6.88. The lowest BCUT2D eigenvalue weighted by Crippen LogP contribution is -2.41. The fraction of sp³-hybridized carbons (Fsp3) is 0.650. The molecule has 1 aromatic rings. The van der Waals surface area contributed by atoms with Gasteiger partial charge in [-0.3, -0.25) is 9.89 Å². The molecule has 1 saturated heterocycles. The van der Waals surface area contributed by atoms with Gasteiger partial charge in [0.2, 0.25) is 0 Å². The van der Waals surface area contributed by atoms with Crippen LogP contribution in [0.1, 0.15) is 31.7 Å². The molecular formula is C20H32BrIN4O. The normalized spacial score (nSPS) is 19.3. The smallest absolute Gasteiger partial charge is 0.191 e. The van der Waals surface area contributed by atoms with Crippen LogP contribution in [0.25, 0.3) is 0 Å². The maximum atomic E-state index is 5.40. The number of rotatable bonds is 8. The predicted octanol–water partition coefficient (Wildman–Crippen LogP) is 3.38. The van der Waals surface area contributed by atoms with Crippen LogP contribution in [0, 0.1) is 0 Å². The molecule has 7 heteroatoms. The number of ether oxygens (including phenoxy) is 1. The zero-order chi connectivity index (χ0) is 18.2. The van der Waals surface area contributed by atoms with E-state index in [1.807, 2.05) is 0 Å². The Morgan fingerprint density at radius 1 is 1.22 bits per heavy atom. The van der Waals surface area contributed by atoms with Crippen LogP contribution >= 0.6 is 39.9 Å². The Balaban J connectivity index is 0.00000261. The molecule has 2 aliphatic rings. The molecule has 2 fully saturated rings. The van der Waals surface area contributed by atoms with Crippen molar-refractivity contribution in [1.82, 2.24) is 15.5 Å². The van der Waals surface area contributed by atoms with Crippen molar-refractivity contribution in [3.8, 4) is 0 Å². The molecular weight excluding hydrogens is 519 g/mol. The van der Waals surface area contributed by atoms with Gasteiger partial charge in [-0.15, -0.1) is 24.0 Å². The van der Waals surface area contributed by atoms with Gasteiger partial charge in [-0.1, -0.05) is 34.1 Å². The number of guanidine groups is 1. The first-order valence-electron chi connectivity index (χ1n) is 9.81. The fourth-order valence-electron chi connectivity index (χ4n) is 3.46. The van der Waals surface area contributed by atoms with E-state index in [1.165, 1.54) is 22.9 Å². The number of aliphatic imine (C=N–C) groups is 1. The zero-order valence-corrected chi connectivity index (χ0v) is 20.1. The Bertz CT molecular complexity index is 603. The Labute approximate surface area is 188 Å². The van der Waals surface area contributed by atoms with E-state index in [4.69, 9.17) is 9.73 Å². The van der Waals surface area contributed by atoms with Crippen LogP contribution in [0.4, 0.5) is 0 Å². The summed E-state index contributed by atoms with van der Waals surface area (Å²) < 4.78 is 6.61. The Kier molecular flexibility index (Phi) is 9.82. The molecule has 0 aromatic heterocycles. The van der Waals surface area contributed by atoms with E-state index in [0.29, 0.717) is 0 Å². The van der Waals surface area contributed by atoms with Crippen LogP contribution in [0.2, 0.25) is 0 Å². The lowest BCUT2D eigenvalue weighted by Gasteiger charge is -2.26. The molecule has 1 aliphatic heterocycles. The van der Waals surface area contributed by atoms with Crippen LogP contribution < -0.4 is 10.6 Å². The van der Waals surface area contributed by atoms with Gasteiger partial charge in [-0.05, 0) is 44.4 Å². The Morgan fingerprint density at radius 3 is 2.63 bits per heavy atom. The fourth-order valence-corrected chi connectivity index (χ4v) is 4.17. The minimum absolute atomic E-state index is 0. The van der Waals surface area contributed by atoms with Crippen molar-refractivity contribution in [1.29, 1.82) is 0 Å². The highest BCUT2D eigenvalue weighted by molar-refractivity contribution is 14.0. The largest absolute Gasteiger partial charge is 0.379 e. The minimum Gasteiger partial charge on any atom is -0.379 e. The van der Waals surface area contributed by atoms with Crippen LogP contribution in [0.5, 0.6) is 0 Å². The second kappa shape index (κ2) is 11.6. The van der Waals surface area contributed by atoms with E-state index in [9.17, 15) is 0 Å². The summed E-state index contributed by atoms with van der Waals surface area (Å²) in [7, 11) is 0. The molecule has 5 nitrogen and oxygen atoms in total. The van der Waals surface area contributed by atoms with Crippen LogP contribution in [0.15, 0.2) is 33.7 Å². The Morgan fingerprint density at radius 2 is 1.96 bits per heavy atom. The molecule has 1 aromatic carbocycles. The monoisotopic (exact) mass is 550 g/mol. The molecule has 0 bridgehead atoms. The van der Waals surface area contributed by atoms with Crippen molar-refractivity contribution >= 4 is 45.9 Å². The summed E-state index contributed by atoms with van der Waals surface area (Å²) in [6.07, 6.45) is 3.56. The molecule has 0 unspecified atom stereocenters. The lowest BCUT2D eigenvalue weighted by molar-refractivity contribution is 0.0376. The van der Waals surface area contributed by atoms with Crippen molar-refractivity contribution < 1.29 is 4.74 Å². The van der Waals surface area contributed by atoms with Crippen molar-refractivity contribution in [2.75, 3.05) is 52.5 Å². The van der Waals surface area contributed by atoms with E-state index < -0.39 is 0 Å². The van der Waals surface area contributed by atoms with E-state index in [-0.39, 0.29) is 29.4 Å². The van der Waals surface area contributed by atoms with Crippen molar-refractivity contribution in [2.24, 2.45) is 4.99 Å². The average molecular weight is 551 g/mol. The first kappa shape index (κ1) is 22.9. The summed E-state index contributed by atoms with van der Waals surface area (Å²) in [4.78, 5) is 7.36. The van der Waals surface area contributed by atoms with Gasteiger partial charge in [-0.25, -0.2) is 0 Å². The van der Waals surface area contributed by atoms with E-state index in [2.05, 4.69) is 62.7 Å². The van der Waals surface area contributed by atoms with Gasteiger partial charge < -0.3 is 15.4 Å². The molecule has 0 atom stereocenters. The highest BCUT2D eigenvalue weighted by atomic mass is 127. The SMILES string of the molecule is CCNC(=NCC1(c2ccccc2Br)CC1)NCCCN1CCOCC1.I. The Hall–Kier alpha value is -0.380. The van der Waals surface area contributed by atoms with Gasteiger partial charge in [0.05, 0.1) is 19.8 Å². The molecule has 0 amide bonds. The van der Waals surface area contributed by atoms with Crippen molar-refractivity contribution in [3.63, 3.8) is 0 Å². The summed E-state index contributed by atoms with van der Waals surface area (Å²) in [6.45, 7) is 9.77. The number of halogens is 2. The van der Waals surface area contributed by atoms with Gasteiger partial charge in [-0.2, -0.15) is 0 Å². The van der Waals surface area contributed by atoms with Gasteiger partial charge in [0, 0.05) is 36.1 Å². The predicted molar refractivity (Wildman–Crippen MR) is 126 cm³/mol. The third-order valence-corrected chi connectivity index (χ3v) is 5.92. The van der Waals surface area contributed by atoms with Gasteiger partial charge in [0.1, 0.15) is 0 Å². The molecule has 152 valence electrons. The van der Waals surface area contributed by atoms with Crippen molar-refractivity contribution in [3.05, 3.63) is 34.3 Å². The molecule has 3 rings (SSSR count). The minimum atomic E-state index is 0. The highest BCUT2D eigenvalue weighted by Gasteiger charge is 2.45. The molecule has 2 N–H and O–H groups in total. The van der Waals surface area contributed by atoms with Crippen molar-refractivity contribution in [2.45, 2.75) is 31.6 Å². The molecule has 0 radical (unpaired) electrons. The molecule has 1 heterocycles. The highest BCUT2D eigenvalue weighted by Crippen LogP contribution is 2.50. The first-order valence-corrected chi connectivity index (χ1v) is 10.6. The van der Waals surface area contributed by atoms with Crippen LogP contribution in [-0.4, -0.2) is 63.3 Å². The van der Waals surface area contributed by atoms with Gasteiger partial charge in [0.25, 0.3) is 0 Å². The second-order valence-electron chi connectivity index (χ2n) is 7.19. The number of hydrogen-bond acceptors (Lipinski definition) is 3. The van der Waals surface area contributed by atoms with E-state index in [0.717, 1.165) is 64.9 Å². The molecule has 27 heavy (non-hydrogen) atoms. The van der Waals surface area contributed by atoms with Crippen LogP contribution in [-0.2, 0) is 10.2 Å². The summed E-state index contributed by atoms with van der Waals surface area (Å²) >= 11 is 3.71. The molecule has 0 spiro atoms. The average Bonchev–Trinajstić information content (AvgIpc) is 3.45. The summed E-state index contributed by atoms with van der Waals surface area (Å²) in [5.74, 6) is 0.938.